The Morgan fingerprint density at radius 1 is 1.04 bits per heavy atom. The SMILES string of the molecule is C/C(=N/NC(=O)CSc1nc2ccccc2s1)c1nc2ccccc2s1. The van der Waals surface area contributed by atoms with Gasteiger partial charge in [-0.2, -0.15) is 5.10 Å². The molecule has 5 nitrogen and oxygen atoms in total. The van der Waals surface area contributed by atoms with Gasteiger partial charge in [-0.15, -0.1) is 22.7 Å². The van der Waals surface area contributed by atoms with Crippen LogP contribution in [0.2, 0.25) is 0 Å². The number of nitrogens with one attached hydrogen (secondary N) is 1. The summed E-state index contributed by atoms with van der Waals surface area (Å²) in [5, 5.41) is 4.99. The number of thioether (sulfide) groups is 1. The van der Waals surface area contributed by atoms with Crippen LogP contribution < -0.4 is 5.43 Å². The van der Waals surface area contributed by atoms with Gasteiger partial charge in [-0.05, 0) is 31.2 Å². The summed E-state index contributed by atoms with van der Waals surface area (Å²) >= 11 is 4.57. The number of hydrazone groups is 1. The summed E-state index contributed by atoms with van der Waals surface area (Å²) in [6, 6.07) is 15.9. The van der Waals surface area contributed by atoms with E-state index in [0.717, 1.165) is 29.8 Å². The predicted octanol–water partition coefficient (Wildman–Crippen LogP) is 4.54. The molecule has 0 bridgehead atoms. The first-order valence-electron chi connectivity index (χ1n) is 7.86. The summed E-state index contributed by atoms with van der Waals surface area (Å²) in [5.41, 5.74) is 5.21. The molecule has 0 fully saturated rings. The number of rotatable bonds is 5. The number of aromatic nitrogens is 2. The van der Waals surface area contributed by atoms with E-state index < -0.39 is 0 Å². The second kappa shape index (κ2) is 7.53. The van der Waals surface area contributed by atoms with Crippen LogP contribution in [0.1, 0.15) is 11.9 Å². The van der Waals surface area contributed by atoms with Crippen molar-refractivity contribution in [2.24, 2.45) is 5.10 Å². The van der Waals surface area contributed by atoms with E-state index in [2.05, 4.69) is 20.5 Å². The molecule has 0 aliphatic heterocycles. The van der Waals surface area contributed by atoms with Crippen molar-refractivity contribution >= 4 is 66.5 Å². The first-order valence-corrected chi connectivity index (χ1v) is 10.5. The quantitative estimate of drug-likeness (QED) is 0.304. The third-order valence-corrected chi connectivity index (χ3v) is 6.88. The summed E-state index contributed by atoms with van der Waals surface area (Å²) < 4.78 is 3.11. The third-order valence-electron chi connectivity index (χ3n) is 3.55. The molecule has 0 spiro atoms. The highest BCUT2D eigenvalue weighted by molar-refractivity contribution is 8.01. The van der Waals surface area contributed by atoms with Crippen molar-refractivity contribution in [3.8, 4) is 0 Å². The summed E-state index contributed by atoms with van der Waals surface area (Å²) in [6.07, 6.45) is 0. The van der Waals surface area contributed by atoms with Gasteiger partial charge in [0.05, 0.1) is 31.9 Å². The molecule has 4 rings (SSSR count). The molecule has 26 heavy (non-hydrogen) atoms. The molecule has 2 heterocycles. The molecule has 8 heteroatoms. The first-order chi connectivity index (χ1) is 12.7. The van der Waals surface area contributed by atoms with Crippen molar-refractivity contribution in [3.05, 3.63) is 53.5 Å². The molecule has 0 aliphatic rings. The van der Waals surface area contributed by atoms with Crippen molar-refractivity contribution in [3.63, 3.8) is 0 Å². The van der Waals surface area contributed by atoms with Gasteiger partial charge in [0.15, 0.2) is 4.34 Å². The first kappa shape index (κ1) is 17.1. The van der Waals surface area contributed by atoms with Crippen LogP contribution in [0, 0.1) is 0 Å². The summed E-state index contributed by atoms with van der Waals surface area (Å²) in [5.74, 6) is 0.117. The number of para-hydroxylation sites is 2. The molecule has 2 aromatic heterocycles. The summed E-state index contributed by atoms with van der Waals surface area (Å²) in [7, 11) is 0. The minimum absolute atomic E-state index is 0.158. The Labute approximate surface area is 162 Å². The van der Waals surface area contributed by atoms with Crippen molar-refractivity contribution in [1.82, 2.24) is 15.4 Å². The van der Waals surface area contributed by atoms with Gasteiger partial charge in [-0.3, -0.25) is 4.79 Å². The smallest absolute Gasteiger partial charge is 0.250 e. The normalized spacial score (nSPS) is 12.0. The largest absolute Gasteiger partial charge is 0.272 e. The van der Waals surface area contributed by atoms with E-state index >= 15 is 0 Å². The van der Waals surface area contributed by atoms with E-state index in [1.165, 1.54) is 11.8 Å². The number of benzene rings is 2. The van der Waals surface area contributed by atoms with Gasteiger partial charge in [0.25, 0.3) is 5.91 Å². The average molecular weight is 399 g/mol. The van der Waals surface area contributed by atoms with E-state index in [4.69, 9.17) is 0 Å². The molecule has 130 valence electrons. The Morgan fingerprint density at radius 3 is 2.38 bits per heavy atom. The van der Waals surface area contributed by atoms with Crippen LogP contribution in [0.4, 0.5) is 0 Å². The molecule has 1 N–H and O–H groups in total. The lowest BCUT2D eigenvalue weighted by Crippen LogP contribution is -2.21. The Morgan fingerprint density at radius 2 is 1.69 bits per heavy atom. The Kier molecular flexibility index (Phi) is 4.96. The van der Waals surface area contributed by atoms with E-state index in [1.54, 1.807) is 22.7 Å². The molecule has 0 unspecified atom stereocenters. The fourth-order valence-electron chi connectivity index (χ4n) is 2.29. The second-order valence-corrected chi connectivity index (χ2v) is 8.74. The number of nitrogens with zero attached hydrogens (tertiary/aromatic N) is 3. The van der Waals surface area contributed by atoms with Crippen molar-refractivity contribution < 1.29 is 4.79 Å². The van der Waals surface area contributed by atoms with Gasteiger partial charge >= 0.3 is 0 Å². The molecular weight excluding hydrogens is 384 g/mol. The molecule has 0 saturated heterocycles. The number of hydrogen-bond acceptors (Lipinski definition) is 7. The van der Waals surface area contributed by atoms with Crippen molar-refractivity contribution in [1.29, 1.82) is 0 Å². The summed E-state index contributed by atoms with van der Waals surface area (Å²) in [6.45, 7) is 1.85. The molecule has 0 atom stereocenters. The van der Waals surface area contributed by atoms with E-state index in [9.17, 15) is 4.79 Å². The minimum atomic E-state index is -0.158. The molecule has 0 aliphatic carbocycles. The van der Waals surface area contributed by atoms with Crippen LogP contribution in [0.25, 0.3) is 20.4 Å². The average Bonchev–Trinajstić information content (AvgIpc) is 3.27. The van der Waals surface area contributed by atoms with Gasteiger partial charge < -0.3 is 0 Å². The molecular formula is C18H14N4OS3. The highest BCUT2D eigenvalue weighted by Crippen LogP contribution is 2.29. The fourth-order valence-corrected chi connectivity index (χ4v) is 5.06. The number of carbonyl (C=O) groups is 1. The molecule has 2 aromatic carbocycles. The minimum Gasteiger partial charge on any atom is -0.272 e. The summed E-state index contributed by atoms with van der Waals surface area (Å²) in [4.78, 5) is 21.1. The maximum Gasteiger partial charge on any atom is 0.250 e. The maximum absolute atomic E-state index is 12.1. The number of carbonyl (C=O) groups excluding carboxylic acids is 1. The van der Waals surface area contributed by atoms with Crippen LogP contribution in [0.3, 0.4) is 0 Å². The number of hydrogen-bond donors (Lipinski definition) is 1. The van der Waals surface area contributed by atoms with Gasteiger partial charge in [-0.25, -0.2) is 15.4 Å². The van der Waals surface area contributed by atoms with Gasteiger partial charge in [0.2, 0.25) is 0 Å². The third kappa shape index (κ3) is 3.77. The van der Waals surface area contributed by atoms with Crippen LogP contribution in [-0.4, -0.2) is 27.3 Å². The fraction of sp³-hybridized carbons (Fsp3) is 0.111. The number of amides is 1. The Balaban J connectivity index is 1.37. The highest BCUT2D eigenvalue weighted by Gasteiger charge is 2.09. The molecule has 0 radical (unpaired) electrons. The van der Waals surface area contributed by atoms with E-state index in [-0.39, 0.29) is 11.7 Å². The van der Waals surface area contributed by atoms with Crippen LogP contribution in [0.5, 0.6) is 0 Å². The topological polar surface area (TPSA) is 67.2 Å². The maximum atomic E-state index is 12.1. The zero-order valence-corrected chi connectivity index (χ0v) is 16.3. The zero-order valence-electron chi connectivity index (χ0n) is 13.8. The van der Waals surface area contributed by atoms with Crippen LogP contribution in [-0.2, 0) is 4.79 Å². The zero-order chi connectivity index (χ0) is 17.9. The van der Waals surface area contributed by atoms with E-state index in [0.29, 0.717) is 5.71 Å². The van der Waals surface area contributed by atoms with E-state index in [1.807, 2.05) is 55.5 Å². The van der Waals surface area contributed by atoms with Crippen LogP contribution in [0.15, 0.2) is 58.0 Å². The van der Waals surface area contributed by atoms with Gasteiger partial charge in [0.1, 0.15) is 5.01 Å². The highest BCUT2D eigenvalue weighted by atomic mass is 32.2. The predicted molar refractivity (Wildman–Crippen MR) is 110 cm³/mol. The molecule has 4 aromatic rings. The molecule has 0 saturated carbocycles. The van der Waals surface area contributed by atoms with Crippen molar-refractivity contribution in [2.45, 2.75) is 11.3 Å². The Hall–Kier alpha value is -2.29. The standard InChI is InChI=1S/C18H14N4OS3/c1-11(17-19-12-6-2-4-8-14(12)25-17)21-22-16(23)10-24-18-20-13-7-3-5-9-15(13)26-18/h2-9H,10H2,1H3,(H,22,23)/b21-11-. The monoisotopic (exact) mass is 398 g/mol. The number of thiazole rings is 2. The lowest BCUT2D eigenvalue weighted by Gasteiger charge is -1.99. The number of fused-ring (bicyclic) bond motifs is 2. The van der Waals surface area contributed by atoms with Crippen LogP contribution >= 0.6 is 34.4 Å². The van der Waals surface area contributed by atoms with Crippen molar-refractivity contribution in [2.75, 3.05) is 5.75 Å². The Bertz CT molecular complexity index is 1050. The lowest BCUT2D eigenvalue weighted by atomic mass is 10.3. The van der Waals surface area contributed by atoms with Gasteiger partial charge in [0, 0.05) is 0 Å². The molecule has 1 amide bonds. The van der Waals surface area contributed by atoms with Gasteiger partial charge in [-0.1, -0.05) is 36.0 Å². The second-order valence-electron chi connectivity index (χ2n) is 5.46. The lowest BCUT2D eigenvalue weighted by molar-refractivity contribution is -0.118.